The number of hydrogen-bond acceptors (Lipinski definition) is 5. The standard InChI is InChI=1S/C13H17BrN6O/c14-10-6-18-20(7-9-2-1-3-9)13(21)12(10)15-5-4-11-16-8-17-19-11/h6,8-9,15H,1-5,7H2,(H,16,17,19). The Morgan fingerprint density at radius 1 is 1.48 bits per heavy atom. The molecule has 21 heavy (non-hydrogen) atoms. The smallest absolute Gasteiger partial charge is 0.291 e. The summed E-state index contributed by atoms with van der Waals surface area (Å²) in [6.07, 6.45) is 7.48. The van der Waals surface area contributed by atoms with Gasteiger partial charge in [-0.1, -0.05) is 6.42 Å². The zero-order chi connectivity index (χ0) is 14.7. The first-order valence-corrected chi connectivity index (χ1v) is 7.87. The van der Waals surface area contributed by atoms with E-state index in [9.17, 15) is 4.79 Å². The molecule has 0 aliphatic heterocycles. The van der Waals surface area contributed by atoms with Crippen molar-refractivity contribution >= 4 is 21.6 Å². The fourth-order valence-electron chi connectivity index (χ4n) is 2.34. The average molecular weight is 353 g/mol. The fourth-order valence-corrected chi connectivity index (χ4v) is 2.74. The Balaban J connectivity index is 1.67. The molecule has 0 saturated heterocycles. The Kier molecular flexibility index (Phi) is 4.33. The van der Waals surface area contributed by atoms with Crippen LogP contribution in [0.1, 0.15) is 25.1 Å². The molecule has 0 atom stereocenters. The number of H-pyrrole nitrogens is 1. The first kappa shape index (κ1) is 14.2. The zero-order valence-corrected chi connectivity index (χ0v) is 13.1. The molecule has 112 valence electrons. The second-order valence-electron chi connectivity index (χ2n) is 5.26. The van der Waals surface area contributed by atoms with Gasteiger partial charge >= 0.3 is 0 Å². The van der Waals surface area contributed by atoms with E-state index in [1.165, 1.54) is 25.6 Å². The van der Waals surface area contributed by atoms with Crippen LogP contribution in [0.5, 0.6) is 0 Å². The van der Waals surface area contributed by atoms with Gasteiger partial charge in [-0.15, -0.1) is 0 Å². The lowest BCUT2D eigenvalue weighted by Crippen LogP contribution is -2.31. The van der Waals surface area contributed by atoms with E-state index in [-0.39, 0.29) is 5.56 Å². The van der Waals surface area contributed by atoms with Gasteiger partial charge in [0.2, 0.25) is 0 Å². The van der Waals surface area contributed by atoms with Crippen molar-refractivity contribution in [2.45, 2.75) is 32.2 Å². The Morgan fingerprint density at radius 3 is 3.00 bits per heavy atom. The maximum Gasteiger partial charge on any atom is 0.291 e. The molecule has 1 fully saturated rings. The van der Waals surface area contributed by atoms with Crippen LogP contribution >= 0.6 is 15.9 Å². The number of nitrogens with one attached hydrogen (secondary N) is 2. The van der Waals surface area contributed by atoms with Gasteiger partial charge in [0.15, 0.2) is 0 Å². The van der Waals surface area contributed by atoms with Gasteiger partial charge in [-0.3, -0.25) is 9.89 Å². The molecule has 2 aromatic heterocycles. The fraction of sp³-hybridized carbons (Fsp3) is 0.538. The highest BCUT2D eigenvalue weighted by molar-refractivity contribution is 9.10. The Labute approximate surface area is 130 Å². The van der Waals surface area contributed by atoms with E-state index >= 15 is 0 Å². The van der Waals surface area contributed by atoms with E-state index in [1.54, 1.807) is 10.9 Å². The van der Waals surface area contributed by atoms with Crippen LogP contribution in [0.3, 0.4) is 0 Å². The van der Waals surface area contributed by atoms with E-state index < -0.39 is 0 Å². The third-order valence-corrected chi connectivity index (χ3v) is 4.38. The zero-order valence-electron chi connectivity index (χ0n) is 11.5. The molecule has 0 amide bonds. The lowest BCUT2D eigenvalue weighted by Gasteiger charge is -2.25. The minimum atomic E-state index is -0.0751. The molecule has 1 aliphatic rings. The molecule has 1 aliphatic carbocycles. The van der Waals surface area contributed by atoms with E-state index in [1.807, 2.05) is 0 Å². The minimum absolute atomic E-state index is 0.0751. The molecular weight excluding hydrogens is 336 g/mol. The lowest BCUT2D eigenvalue weighted by atomic mass is 9.85. The van der Waals surface area contributed by atoms with Gasteiger partial charge in [0, 0.05) is 19.5 Å². The summed E-state index contributed by atoms with van der Waals surface area (Å²) in [5, 5.41) is 14.0. The average Bonchev–Trinajstić information content (AvgIpc) is 2.93. The number of aromatic amines is 1. The molecule has 0 bridgehead atoms. The van der Waals surface area contributed by atoms with Crippen LogP contribution < -0.4 is 10.9 Å². The predicted octanol–water partition coefficient (Wildman–Crippen LogP) is 1.58. The molecule has 0 unspecified atom stereocenters. The number of hydrogen-bond donors (Lipinski definition) is 2. The van der Waals surface area contributed by atoms with Gasteiger partial charge < -0.3 is 5.32 Å². The summed E-state index contributed by atoms with van der Waals surface area (Å²) >= 11 is 3.38. The molecule has 3 rings (SSSR count). The summed E-state index contributed by atoms with van der Waals surface area (Å²) in [6, 6.07) is 0. The van der Waals surface area contributed by atoms with Crippen LogP contribution in [0.25, 0.3) is 0 Å². The lowest BCUT2D eigenvalue weighted by molar-refractivity contribution is 0.262. The summed E-state index contributed by atoms with van der Waals surface area (Å²) in [5.41, 5.74) is 0.484. The quantitative estimate of drug-likeness (QED) is 0.823. The van der Waals surface area contributed by atoms with Crippen molar-refractivity contribution in [3.05, 3.63) is 33.2 Å². The van der Waals surface area contributed by atoms with Crippen LogP contribution in [0, 0.1) is 5.92 Å². The largest absolute Gasteiger partial charge is 0.379 e. The van der Waals surface area contributed by atoms with Gasteiger partial charge in [-0.05, 0) is 34.7 Å². The molecule has 2 heterocycles. The van der Waals surface area contributed by atoms with Gasteiger partial charge in [-0.25, -0.2) is 9.67 Å². The summed E-state index contributed by atoms with van der Waals surface area (Å²) < 4.78 is 2.25. The van der Waals surface area contributed by atoms with E-state index in [2.05, 4.69) is 41.5 Å². The SMILES string of the molecule is O=c1c(NCCc2ncn[nH]2)c(Br)cnn1CC1CCC1. The van der Waals surface area contributed by atoms with Crippen molar-refractivity contribution < 1.29 is 0 Å². The highest BCUT2D eigenvalue weighted by Crippen LogP contribution is 2.27. The molecule has 8 heteroatoms. The Morgan fingerprint density at radius 2 is 2.33 bits per heavy atom. The van der Waals surface area contributed by atoms with E-state index in [0.717, 1.165) is 5.82 Å². The van der Waals surface area contributed by atoms with Gasteiger partial charge in [0.1, 0.15) is 17.8 Å². The molecule has 0 radical (unpaired) electrons. The van der Waals surface area contributed by atoms with Crippen molar-refractivity contribution in [3.8, 4) is 0 Å². The summed E-state index contributed by atoms with van der Waals surface area (Å²) in [6.45, 7) is 1.32. The molecule has 0 aromatic carbocycles. The third kappa shape index (κ3) is 3.31. The van der Waals surface area contributed by atoms with Crippen molar-refractivity contribution in [2.24, 2.45) is 5.92 Å². The summed E-state index contributed by atoms with van der Waals surface area (Å²) in [5.74, 6) is 1.39. The third-order valence-electron chi connectivity index (χ3n) is 3.78. The van der Waals surface area contributed by atoms with Crippen molar-refractivity contribution in [3.63, 3.8) is 0 Å². The van der Waals surface area contributed by atoms with Crippen LogP contribution in [0.15, 0.2) is 21.8 Å². The van der Waals surface area contributed by atoms with E-state index in [4.69, 9.17) is 0 Å². The predicted molar refractivity (Wildman–Crippen MR) is 82.1 cm³/mol. The van der Waals surface area contributed by atoms with Crippen molar-refractivity contribution in [2.75, 3.05) is 11.9 Å². The number of anilines is 1. The summed E-state index contributed by atoms with van der Waals surface area (Å²) in [4.78, 5) is 16.5. The number of aromatic nitrogens is 5. The normalized spacial score (nSPS) is 14.9. The highest BCUT2D eigenvalue weighted by Gasteiger charge is 2.20. The van der Waals surface area contributed by atoms with Gasteiger partial charge in [0.25, 0.3) is 5.56 Å². The molecular formula is C13H17BrN6O. The van der Waals surface area contributed by atoms with Gasteiger partial charge in [0.05, 0.1) is 10.7 Å². The topological polar surface area (TPSA) is 88.5 Å². The molecule has 7 nitrogen and oxygen atoms in total. The van der Waals surface area contributed by atoms with E-state index in [0.29, 0.717) is 35.6 Å². The van der Waals surface area contributed by atoms with Gasteiger partial charge in [-0.2, -0.15) is 10.2 Å². The second-order valence-corrected chi connectivity index (χ2v) is 6.11. The Hall–Kier alpha value is -1.70. The molecule has 0 spiro atoms. The number of nitrogens with zero attached hydrogens (tertiary/aromatic N) is 4. The Bertz CT molecular complexity index is 649. The van der Waals surface area contributed by atoms with Crippen LogP contribution in [0.2, 0.25) is 0 Å². The molecule has 2 aromatic rings. The minimum Gasteiger partial charge on any atom is -0.379 e. The molecule has 2 N–H and O–H groups in total. The maximum atomic E-state index is 12.4. The second kappa shape index (κ2) is 6.38. The summed E-state index contributed by atoms with van der Waals surface area (Å²) in [7, 11) is 0. The van der Waals surface area contributed by atoms with Crippen LogP contribution in [0.4, 0.5) is 5.69 Å². The number of halogens is 1. The van der Waals surface area contributed by atoms with Crippen LogP contribution in [-0.2, 0) is 13.0 Å². The monoisotopic (exact) mass is 352 g/mol. The number of rotatable bonds is 6. The first-order chi connectivity index (χ1) is 10.2. The highest BCUT2D eigenvalue weighted by atomic mass is 79.9. The van der Waals surface area contributed by atoms with Crippen molar-refractivity contribution in [1.82, 2.24) is 25.0 Å². The molecule has 1 saturated carbocycles. The van der Waals surface area contributed by atoms with Crippen molar-refractivity contribution in [1.29, 1.82) is 0 Å². The first-order valence-electron chi connectivity index (χ1n) is 7.08. The van der Waals surface area contributed by atoms with Crippen LogP contribution in [-0.4, -0.2) is 31.5 Å². The maximum absolute atomic E-state index is 12.4.